The van der Waals surface area contributed by atoms with Gasteiger partial charge in [0.2, 0.25) is 0 Å². The highest BCUT2D eigenvalue weighted by Gasteiger charge is 2.22. The maximum Gasteiger partial charge on any atom is 0.191 e. The zero-order valence-electron chi connectivity index (χ0n) is 15.0. The molecule has 1 aromatic rings. The monoisotopic (exact) mass is 353 g/mol. The Morgan fingerprint density at radius 3 is 2.88 bits per heavy atom. The van der Waals surface area contributed by atoms with Crippen LogP contribution in [0.4, 0.5) is 0 Å². The molecule has 1 aliphatic rings. The number of rotatable bonds is 10. The van der Waals surface area contributed by atoms with Gasteiger partial charge in [0, 0.05) is 30.0 Å². The minimum Gasteiger partial charge on any atom is -0.389 e. The molecule has 1 aliphatic carbocycles. The number of nitrogens with zero attached hydrogens (tertiary/aromatic N) is 1. The molecule has 0 saturated heterocycles. The molecule has 2 rings (SSSR count). The summed E-state index contributed by atoms with van der Waals surface area (Å²) in [5, 5.41) is 18.5. The molecule has 1 saturated carbocycles. The highest BCUT2D eigenvalue weighted by Crippen LogP contribution is 2.29. The van der Waals surface area contributed by atoms with Gasteiger partial charge in [0.05, 0.1) is 19.3 Å². The fraction of sp³-hybridized carbons (Fsp3) is 0.722. The Bertz CT molecular complexity index is 498. The average molecular weight is 354 g/mol. The second-order valence-electron chi connectivity index (χ2n) is 7.07. The van der Waals surface area contributed by atoms with Crippen molar-refractivity contribution in [2.45, 2.75) is 45.1 Å². The fourth-order valence-corrected chi connectivity index (χ4v) is 3.13. The average Bonchev–Trinajstić information content (AvgIpc) is 3.19. The van der Waals surface area contributed by atoms with Crippen LogP contribution in [0.2, 0.25) is 0 Å². The Morgan fingerprint density at radius 1 is 1.46 bits per heavy atom. The normalized spacial score (nSPS) is 16.9. The first-order chi connectivity index (χ1) is 11.5. The molecule has 6 heteroatoms. The van der Waals surface area contributed by atoms with Gasteiger partial charge in [0.15, 0.2) is 5.96 Å². The van der Waals surface area contributed by atoms with Crippen molar-refractivity contribution >= 4 is 17.3 Å². The van der Waals surface area contributed by atoms with Crippen molar-refractivity contribution in [1.82, 2.24) is 10.6 Å². The minimum atomic E-state index is -0.516. The Labute approximate surface area is 149 Å². The quantitative estimate of drug-likeness (QED) is 0.446. The predicted octanol–water partition coefficient (Wildman–Crippen LogP) is 2.37. The lowest BCUT2D eigenvalue weighted by molar-refractivity contribution is 0.0345. The molecule has 1 aromatic heterocycles. The van der Waals surface area contributed by atoms with Gasteiger partial charge < -0.3 is 20.5 Å². The molecule has 0 amide bonds. The third kappa shape index (κ3) is 6.79. The molecule has 1 fully saturated rings. The van der Waals surface area contributed by atoms with Gasteiger partial charge in [0.25, 0.3) is 0 Å². The Morgan fingerprint density at radius 2 is 2.25 bits per heavy atom. The molecule has 0 bridgehead atoms. The number of aliphatic hydroxyl groups excluding tert-OH is 1. The van der Waals surface area contributed by atoms with Crippen LogP contribution in [0, 0.1) is 5.92 Å². The predicted molar refractivity (Wildman–Crippen MR) is 101 cm³/mol. The second kappa shape index (κ2) is 9.39. The summed E-state index contributed by atoms with van der Waals surface area (Å²) in [5.41, 5.74) is 0.00249. The maximum atomic E-state index is 10.0. The van der Waals surface area contributed by atoms with Crippen LogP contribution in [0.25, 0.3) is 0 Å². The summed E-state index contributed by atoms with van der Waals surface area (Å²) in [5.74, 6) is 1.46. The summed E-state index contributed by atoms with van der Waals surface area (Å²) >= 11 is 1.76. The number of aliphatic hydroxyl groups is 1. The molecule has 136 valence electrons. The van der Waals surface area contributed by atoms with Crippen molar-refractivity contribution in [1.29, 1.82) is 0 Å². The third-order valence-electron chi connectivity index (χ3n) is 4.03. The van der Waals surface area contributed by atoms with E-state index in [2.05, 4.69) is 47.0 Å². The van der Waals surface area contributed by atoms with E-state index >= 15 is 0 Å². The van der Waals surface area contributed by atoms with Crippen LogP contribution in [0.3, 0.4) is 0 Å². The second-order valence-corrected chi connectivity index (χ2v) is 8.02. The van der Waals surface area contributed by atoms with Crippen molar-refractivity contribution in [3.05, 3.63) is 22.4 Å². The lowest BCUT2D eigenvalue weighted by Gasteiger charge is -2.22. The molecular weight excluding hydrogens is 322 g/mol. The number of thiophene rings is 1. The first-order valence-electron chi connectivity index (χ1n) is 8.83. The fourth-order valence-electron chi connectivity index (χ4n) is 2.29. The molecule has 0 aromatic carbocycles. The van der Waals surface area contributed by atoms with Crippen LogP contribution < -0.4 is 10.6 Å². The van der Waals surface area contributed by atoms with Gasteiger partial charge >= 0.3 is 0 Å². The largest absolute Gasteiger partial charge is 0.389 e. The van der Waals surface area contributed by atoms with E-state index in [1.165, 1.54) is 17.7 Å². The summed E-state index contributed by atoms with van der Waals surface area (Å²) in [6.07, 6.45) is 2.02. The zero-order chi connectivity index (χ0) is 17.4. The minimum absolute atomic E-state index is 0.00249. The van der Waals surface area contributed by atoms with E-state index in [1.54, 1.807) is 11.3 Å². The highest BCUT2D eigenvalue weighted by molar-refractivity contribution is 7.10. The number of guanidine groups is 1. The van der Waals surface area contributed by atoms with Crippen molar-refractivity contribution in [2.75, 3.05) is 32.8 Å². The molecular formula is C18H31N3O2S. The molecule has 5 nitrogen and oxygen atoms in total. The van der Waals surface area contributed by atoms with Crippen molar-refractivity contribution in [2.24, 2.45) is 10.9 Å². The number of nitrogens with one attached hydrogen (secondary N) is 2. The summed E-state index contributed by atoms with van der Waals surface area (Å²) in [6, 6.07) is 4.23. The smallest absolute Gasteiger partial charge is 0.191 e. The number of ether oxygens (including phenoxy) is 1. The molecule has 0 spiro atoms. The summed E-state index contributed by atoms with van der Waals surface area (Å²) < 4.78 is 5.53. The highest BCUT2D eigenvalue weighted by atomic mass is 32.1. The first kappa shape index (κ1) is 19.2. The summed E-state index contributed by atoms with van der Waals surface area (Å²) in [7, 11) is 0. The summed E-state index contributed by atoms with van der Waals surface area (Å²) in [4.78, 5) is 6.01. The van der Waals surface area contributed by atoms with E-state index in [0.29, 0.717) is 19.7 Å². The molecule has 3 N–H and O–H groups in total. The molecule has 1 heterocycles. The third-order valence-corrected chi connectivity index (χ3v) is 5.27. The SMILES string of the molecule is CCNC(=NCC(C)(C)c1cccs1)NCC(O)COCC1CC1. The maximum absolute atomic E-state index is 10.0. The van der Waals surface area contributed by atoms with E-state index in [0.717, 1.165) is 25.0 Å². The Balaban J connectivity index is 1.76. The van der Waals surface area contributed by atoms with Crippen molar-refractivity contribution < 1.29 is 9.84 Å². The first-order valence-corrected chi connectivity index (χ1v) is 9.71. The van der Waals surface area contributed by atoms with Gasteiger partial charge in [-0.05, 0) is 37.1 Å². The van der Waals surface area contributed by atoms with Gasteiger partial charge in [-0.1, -0.05) is 19.9 Å². The molecule has 1 unspecified atom stereocenters. The summed E-state index contributed by atoms with van der Waals surface area (Å²) in [6.45, 7) is 9.52. The lowest BCUT2D eigenvalue weighted by Crippen LogP contribution is -2.43. The van der Waals surface area contributed by atoms with E-state index in [-0.39, 0.29) is 5.41 Å². The van der Waals surface area contributed by atoms with E-state index in [4.69, 9.17) is 4.74 Å². The lowest BCUT2D eigenvalue weighted by atomic mass is 9.92. The molecule has 0 aliphatic heterocycles. The van der Waals surface area contributed by atoms with Crippen LogP contribution in [-0.2, 0) is 10.2 Å². The van der Waals surface area contributed by atoms with Gasteiger partial charge in [0.1, 0.15) is 0 Å². The molecule has 1 atom stereocenters. The van der Waals surface area contributed by atoms with Gasteiger partial charge in [-0.2, -0.15) is 0 Å². The van der Waals surface area contributed by atoms with E-state index < -0.39 is 6.10 Å². The van der Waals surface area contributed by atoms with Crippen LogP contribution in [-0.4, -0.2) is 50.0 Å². The van der Waals surface area contributed by atoms with Crippen LogP contribution in [0.5, 0.6) is 0 Å². The molecule has 0 radical (unpaired) electrons. The van der Waals surface area contributed by atoms with Gasteiger partial charge in [-0.25, -0.2) is 0 Å². The van der Waals surface area contributed by atoms with Gasteiger partial charge in [-0.3, -0.25) is 4.99 Å². The van der Waals surface area contributed by atoms with E-state index in [1.807, 2.05) is 6.92 Å². The molecule has 24 heavy (non-hydrogen) atoms. The topological polar surface area (TPSA) is 65.9 Å². The zero-order valence-corrected chi connectivity index (χ0v) is 15.9. The number of aliphatic imine (C=N–C) groups is 1. The number of hydrogen-bond acceptors (Lipinski definition) is 4. The van der Waals surface area contributed by atoms with Crippen molar-refractivity contribution in [3.63, 3.8) is 0 Å². The van der Waals surface area contributed by atoms with Crippen molar-refractivity contribution in [3.8, 4) is 0 Å². The van der Waals surface area contributed by atoms with Crippen LogP contribution in [0.15, 0.2) is 22.5 Å². The number of hydrogen-bond donors (Lipinski definition) is 3. The standard InChI is InChI=1S/C18H31N3O2S/c1-4-19-17(20-10-15(22)12-23-11-14-7-8-14)21-13-18(2,3)16-6-5-9-24-16/h5-6,9,14-15,22H,4,7-8,10-13H2,1-3H3,(H2,19,20,21). The Hall–Kier alpha value is -1.11. The van der Waals surface area contributed by atoms with Crippen LogP contribution in [0.1, 0.15) is 38.5 Å². The van der Waals surface area contributed by atoms with Crippen LogP contribution >= 0.6 is 11.3 Å². The Kier molecular flexibility index (Phi) is 7.52. The van der Waals surface area contributed by atoms with E-state index in [9.17, 15) is 5.11 Å². The van der Waals surface area contributed by atoms with Gasteiger partial charge in [-0.15, -0.1) is 11.3 Å².